The van der Waals surface area contributed by atoms with E-state index in [0.29, 0.717) is 30.6 Å². The van der Waals surface area contributed by atoms with Crippen molar-refractivity contribution in [2.45, 2.75) is 77.1 Å². The van der Waals surface area contributed by atoms with Crippen molar-refractivity contribution in [2.24, 2.45) is 11.1 Å². The van der Waals surface area contributed by atoms with Crippen LogP contribution in [0.15, 0.2) is 41.6 Å². The minimum atomic E-state index is -4.39. The molecular weight excluding hydrogens is 481 g/mol. The van der Waals surface area contributed by atoms with Crippen LogP contribution in [-0.2, 0) is 41.8 Å². The third kappa shape index (κ3) is 7.12. The number of hydrogen-bond donors (Lipinski definition) is 1. The molecule has 1 heterocycles. The number of carbonyl (C=O) groups is 1. The maximum absolute atomic E-state index is 13.7. The highest BCUT2D eigenvalue weighted by Gasteiger charge is 2.36. The van der Waals surface area contributed by atoms with Gasteiger partial charge in [-0.15, -0.1) is 0 Å². The van der Waals surface area contributed by atoms with Gasteiger partial charge in [0.1, 0.15) is 6.61 Å². The summed E-state index contributed by atoms with van der Waals surface area (Å²) in [5.41, 5.74) is 3.79. The largest absolute Gasteiger partial charge is 0.481 e. The SMILES string of the molecule is CCc1cc(CC=NOCc2ccc(C3CCCCC3)c(C(F)(F)F)c2)ccc1CN1CC(C(=O)O)C1. The molecule has 1 aliphatic carbocycles. The number of oxime groups is 1. The van der Waals surface area contributed by atoms with Gasteiger partial charge in [-0.2, -0.15) is 13.2 Å². The molecule has 0 radical (unpaired) electrons. The fraction of sp³-hybridized carbons (Fsp3) is 0.517. The van der Waals surface area contributed by atoms with E-state index in [1.165, 1.54) is 17.2 Å². The zero-order valence-corrected chi connectivity index (χ0v) is 21.3. The van der Waals surface area contributed by atoms with Gasteiger partial charge in [0.25, 0.3) is 0 Å². The molecule has 0 unspecified atom stereocenters. The van der Waals surface area contributed by atoms with Gasteiger partial charge < -0.3 is 9.94 Å². The summed E-state index contributed by atoms with van der Waals surface area (Å²) >= 11 is 0. The number of alkyl halides is 3. The van der Waals surface area contributed by atoms with Crippen molar-refractivity contribution >= 4 is 12.2 Å². The smallest absolute Gasteiger partial charge is 0.416 e. The first kappa shape index (κ1) is 27.2. The lowest BCUT2D eigenvalue weighted by Gasteiger charge is -2.37. The summed E-state index contributed by atoms with van der Waals surface area (Å²) in [6, 6.07) is 10.8. The first-order valence-electron chi connectivity index (χ1n) is 13.1. The Labute approximate surface area is 216 Å². The van der Waals surface area contributed by atoms with E-state index in [-0.39, 0.29) is 18.4 Å². The Kier molecular flexibility index (Phi) is 8.90. The highest BCUT2D eigenvalue weighted by Crippen LogP contribution is 2.41. The summed E-state index contributed by atoms with van der Waals surface area (Å²) in [6.07, 6.45) is 3.34. The first-order valence-corrected chi connectivity index (χ1v) is 13.1. The first-order chi connectivity index (χ1) is 17.7. The predicted molar refractivity (Wildman–Crippen MR) is 136 cm³/mol. The molecule has 2 fully saturated rings. The second-order valence-electron chi connectivity index (χ2n) is 10.2. The van der Waals surface area contributed by atoms with E-state index in [2.05, 4.69) is 29.1 Å². The average Bonchev–Trinajstić information content (AvgIpc) is 2.85. The molecule has 2 aromatic carbocycles. The molecule has 37 heavy (non-hydrogen) atoms. The van der Waals surface area contributed by atoms with E-state index in [0.717, 1.165) is 50.6 Å². The second kappa shape index (κ2) is 12.1. The van der Waals surface area contributed by atoms with Crippen molar-refractivity contribution in [3.8, 4) is 0 Å². The summed E-state index contributed by atoms with van der Waals surface area (Å²) in [5, 5.41) is 13.0. The maximum Gasteiger partial charge on any atom is 0.416 e. The molecule has 2 aliphatic rings. The summed E-state index contributed by atoms with van der Waals surface area (Å²) < 4.78 is 41.2. The number of nitrogens with zero attached hydrogens (tertiary/aromatic N) is 2. The van der Waals surface area contributed by atoms with Crippen molar-refractivity contribution in [1.82, 2.24) is 4.90 Å². The Balaban J connectivity index is 1.30. The molecule has 1 N–H and O–H groups in total. The molecule has 1 saturated heterocycles. The molecule has 0 aromatic heterocycles. The number of carboxylic acids is 1. The molecule has 5 nitrogen and oxygen atoms in total. The Morgan fingerprint density at radius 1 is 1.08 bits per heavy atom. The van der Waals surface area contributed by atoms with Gasteiger partial charge in [0.2, 0.25) is 0 Å². The number of likely N-dealkylation sites (tertiary alicyclic amines) is 1. The molecule has 8 heteroatoms. The summed E-state index contributed by atoms with van der Waals surface area (Å²) in [5.74, 6) is -1.03. The zero-order valence-electron chi connectivity index (χ0n) is 21.3. The monoisotopic (exact) mass is 516 g/mol. The van der Waals surface area contributed by atoms with E-state index in [1.807, 2.05) is 6.07 Å². The average molecular weight is 517 g/mol. The topological polar surface area (TPSA) is 62.1 Å². The van der Waals surface area contributed by atoms with E-state index < -0.39 is 17.7 Å². The molecular formula is C29H35F3N2O3. The van der Waals surface area contributed by atoms with E-state index >= 15 is 0 Å². The summed E-state index contributed by atoms with van der Waals surface area (Å²) in [6.45, 7) is 3.97. The van der Waals surface area contributed by atoms with Crippen LogP contribution in [0.2, 0.25) is 0 Å². The van der Waals surface area contributed by atoms with Crippen molar-refractivity contribution in [1.29, 1.82) is 0 Å². The minimum absolute atomic E-state index is 0.0170. The van der Waals surface area contributed by atoms with Gasteiger partial charge in [-0.1, -0.05) is 61.7 Å². The molecule has 2 aromatic rings. The van der Waals surface area contributed by atoms with Crippen LogP contribution in [0.1, 0.15) is 78.3 Å². The van der Waals surface area contributed by atoms with Crippen molar-refractivity contribution < 1.29 is 27.9 Å². The number of hydrogen-bond acceptors (Lipinski definition) is 4. The van der Waals surface area contributed by atoms with Gasteiger partial charge in [-0.05, 0) is 59.1 Å². The van der Waals surface area contributed by atoms with E-state index in [1.54, 1.807) is 18.3 Å². The number of aryl methyl sites for hydroxylation is 1. The highest BCUT2D eigenvalue weighted by atomic mass is 19.4. The third-order valence-electron chi connectivity index (χ3n) is 7.53. The Morgan fingerprint density at radius 3 is 2.49 bits per heavy atom. The number of benzene rings is 2. The van der Waals surface area contributed by atoms with Crippen LogP contribution in [0.5, 0.6) is 0 Å². The number of carboxylic acid groups (broad SMARTS) is 1. The molecule has 200 valence electrons. The van der Waals surface area contributed by atoms with Crippen LogP contribution < -0.4 is 0 Å². The number of rotatable bonds is 10. The normalized spacial score (nSPS) is 17.7. The van der Waals surface area contributed by atoms with Gasteiger partial charge in [0.15, 0.2) is 0 Å². The van der Waals surface area contributed by atoms with Gasteiger partial charge >= 0.3 is 12.1 Å². The minimum Gasteiger partial charge on any atom is -0.481 e. The van der Waals surface area contributed by atoms with Crippen molar-refractivity contribution in [3.63, 3.8) is 0 Å². The van der Waals surface area contributed by atoms with Gasteiger partial charge in [-0.3, -0.25) is 9.69 Å². The zero-order chi connectivity index (χ0) is 26.4. The Bertz CT molecular complexity index is 1100. The second-order valence-corrected chi connectivity index (χ2v) is 10.2. The van der Waals surface area contributed by atoms with Gasteiger partial charge in [0.05, 0.1) is 11.5 Å². The Morgan fingerprint density at radius 2 is 1.81 bits per heavy atom. The maximum atomic E-state index is 13.7. The van der Waals surface area contributed by atoms with Crippen LogP contribution in [0.4, 0.5) is 13.2 Å². The highest BCUT2D eigenvalue weighted by molar-refractivity contribution is 5.71. The number of aliphatic carboxylic acids is 1. The molecule has 0 amide bonds. The van der Waals surface area contributed by atoms with E-state index in [9.17, 15) is 18.0 Å². The summed E-state index contributed by atoms with van der Waals surface area (Å²) in [4.78, 5) is 18.5. The fourth-order valence-corrected chi connectivity index (χ4v) is 5.40. The predicted octanol–water partition coefficient (Wildman–Crippen LogP) is 6.58. The lowest BCUT2D eigenvalue weighted by atomic mass is 9.81. The van der Waals surface area contributed by atoms with Crippen molar-refractivity contribution in [2.75, 3.05) is 13.1 Å². The van der Waals surface area contributed by atoms with E-state index in [4.69, 9.17) is 9.94 Å². The number of halogens is 3. The van der Waals surface area contributed by atoms with Crippen LogP contribution in [0.25, 0.3) is 0 Å². The van der Waals surface area contributed by atoms with Gasteiger partial charge in [-0.25, -0.2) is 0 Å². The fourth-order valence-electron chi connectivity index (χ4n) is 5.40. The third-order valence-corrected chi connectivity index (χ3v) is 7.53. The lowest BCUT2D eigenvalue weighted by molar-refractivity contribution is -0.147. The quantitative estimate of drug-likeness (QED) is 0.286. The molecule has 0 atom stereocenters. The van der Waals surface area contributed by atoms with Crippen LogP contribution in [-0.4, -0.2) is 35.3 Å². The molecule has 4 rings (SSSR count). The molecule has 0 spiro atoms. The summed E-state index contributed by atoms with van der Waals surface area (Å²) in [7, 11) is 0. The molecule has 1 aliphatic heterocycles. The standard InChI is InChI=1S/C29H35F3N2O3/c1-2-22-14-20(8-10-24(22)16-34-17-25(18-34)28(35)36)12-13-33-37-19-21-9-11-26(23-6-4-3-5-7-23)27(15-21)29(30,31)32/h8-11,13-15,23,25H,2-7,12,16-19H2,1H3,(H,35,36). The van der Waals surface area contributed by atoms with Crippen LogP contribution in [0.3, 0.4) is 0 Å². The van der Waals surface area contributed by atoms with Crippen molar-refractivity contribution in [3.05, 3.63) is 69.8 Å². The van der Waals surface area contributed by atoms with Crippen LogP contribution in [0, 0.1) is 5.92 Å². The Hall–Kier alpha value is -2.87. The molecule has 0 bridgehead atoms. The lowest BCUT2D eigenvalue weighted by Crippen LogP contribution is -2.49. The molecule has 1 saturated carbocycles. The van der Waals surface area contributed by atoms with Crippen LogP contribution >= 0.6 is 0 Å². The van der Waals surface area contributed by atoms with Gasteiger partial charge in [0, 0.05) is 32.3 Å².